The average molecular weight is 440 g/mol. The topological polar surface area (TPSA) is 65.8 Å². The maximum absolute atomic E-state index is 13.2. The zero-order valence-corrected chi connectivity index (χ0v) is 18.2. The lowest BCUT2D eigenvalue weighted by atomic mass is 10.2. The van der Waals surface area contributed by atoms with E-state index < -0.39 is 0 Å². The number of furan rings is 1. The van der Waals surface area contributed by atoms with E-state index >= 15 is 0 Å². The molecule has 2 aromatic carbocycles. The number of nitrogens with one attached hydrogen (secondary N) is 1. The molecule has 1 N–H and O–H groups in total. The van der Waals surface area contributed by atoms with E-state index in [0.717, 1.165) is 12.0 Å². The second kappa shape index (κ2) is 11.2. The van der Waals surface area contributed by atoms with Crippen LogP contribution in [0.3, 0.4) is 0 Å². The molecule has 0 spiro atoms. The third-order valence-corrected chi connectivity index (χ3v) is 4.95. The molecule has 31 heavy (non-hydrogen) atoms. The smallest absolute Gasteiger partial charge is 0.322 e. The Labute approximate surface area is 187 Å². The second-order valence-electron chi connectivity index (χ2n) is 7.17. The van der Waals surface area contributed by atoms with Crippen molar-refractivity contribution in [3.8, 4) is 0 Å². The number of rotatable bonds is 9. The van der Waals surface area contributed by atoms with Crippen LogP contribution in [0.5, 0.6) is 0 Å². The van der Waals surface area contributed by atoms with Crippen molar-refractivity contribution in [3.05, 3.63) is 89.3 Å². The predicted molar refractivity (Wildman–Crippen MR) is 122 cm³/mol. The molecule has 0 bridgehead atoms. The molecule has 0 aliphatic carbocycles. The molecule has 0 fully saturated rings. The lowest BCUT2D eigenvalue weighted by Crippen LogP contribution is -2.44. The molecule has 3 aromatic rings. The second-order valence-corrected chi connectivity index (χ2v) is 7.61. The van der Waals surface area contributed by atoms with Crippen molar-refractivity contribution in [2.45, 2.75) is 26.4 Å². The monoisotopic (exact) mass is 439 g/mol. The van der Waals surface area contributed by atoms with Crippen LogP contribution in [0, 0.1) is 0 Å². The summed E-state index contributed by atoms with van der Waals surface area (Å²) >= 11 is 5.91. The first-order chi connectivity index (χ1) is 15.0. The summed E-state index contributed by atoms with van der Waals surface area (Å²) in [5, 5.41) is 3.42. The van der Waals surface area contributed by atoms with Gasteiger partial charge in [0.2, 0.25) is 5.91 Å². The highest BCUT2D eigenvalue weighted by molar-refractivity contribution is 6.30. The minimum atomic E-state index is -0.324. The summed E-state index contributed by atoms with van der Waals surface area (Å²) in [5.41, 5.74) is 1.63. The van der Waals surface area contributed by atoms with Gasteiger partial charge in [0, 0.05) is 23.8 Å². The van der Waals surface area contributed by atoms with Crippen LogP contribution in [-0.2, 0) is 17.9 Å². The van der Waals surface area contributed by atoms with Gasteiger partial charge in [0.1, 0.15) is 12.3 Å². The lowest BCUT2D eigenvalue weighted by Gasteiger charge is -2.27. The van der Waals surface area contributed by atoms with Crippen molar-refractivity contribution in [2.24, 2.45) is 0 Å². The molecule has 1 heterocycles. The van der Waals surface area contributed by atoms with Crippen LogP contribution in [-0.4, -0.2) is 34.8 Å². The first kappa shape index (κ1) is 22.4. The van der Waals surface area contributed by atoms with Crippen molar-refractivity contribution in [3.63, 3.8) is 0 Å². The van der Waals surface area contributed by atoms with Crippen molar-refractivity contribution >= 4 is 29.2 Å². The quantitative estimate of drug-likeness (QED) is 0.485. The fourth-order valence-corrected chi connectivity index (χ4v) is 3.27. The molecule has 0 saturated heterocycles. The highest BCUT2D eigenvalue weighted by atomic mass is 35.5. The van der Waals surface area contributed by atoms with Crippen molar-refractivity contribution < 1.29 is 14.0 Å². The highest BCUT2D eigenvalue weighted by Crippen LogP contribution is 2.15. The van der Waals surface area contributed by atoms with Crippen LogP contribution in [0.15, 0.2) is 77.4 Å². The van der Waals surface area contributed by atoms with Crippen LogP contribution < -0.4 is 5.32 Å². The molecule has 0 aliphatic rings. The van der Waals surface area contributed by atoms with Crippen LogP contribution in [0.2, 0.25) is 5.02 Å². The van der Waals surface area contributed by atoms with Gasteiger partial charge < -0.3 is 19.5 Å². The molecule has 0 aliphatic heterocycles. The molecule has 3 rings (SSSR count). The highest BCUT2D eigenvalue weighted by Gasteiger charge is 2.22. The molecule has 0 saturated carbocycles. The first-order valence-corrected chi connectivity index (χ1v) is 10.6. The van der Waals surface area contributed by atoms with Crippen molar-refractivity contribution in [1.82, 2.24) is 9.80 Å². The van der Waals surface area contributed by atoms with Gasteiger partial charge in [-0.15, -0.1) is 0 Å². The SMILES string of the molecule is CCCN(CC(=O)N(Cc1ccccc1)Cc1ccco1)C(=O)Nc1ccc(Cl)cc1. The number of amides is 3. The maximum Gasteiger partial charge on any atom is 0.322 e. The standard InChI is InChI=1S/C24H26ClN3O3/c1-2-14-27(24(30)26-21-12-10-20(25)11-13-21)18-23(29)28(17-22-9-6-15-31-22)16-19-7-4-3-5-8-19/h3-13,15H,2,14,16-18H2,1H3,(H,26,30). The average Bonchev–Trinajstić information content (AvgIpc) is 3.28. The number of benzene rings is 2. The zero-order valence-electron chi connectivity index (χ0n) is 17.5. The summed E-state index contributed by atoms with van der Waals surface area (Å²) in [6.45, 7) is 3.17. The minimum Gasteiger partial charge on any atom is -0.467 e. The molecular formula is C24H26ClN3O3. The Morgan fingerprint density at radius 2 is 1.68 bits per heavy atom. The summed E-state index contributed by atoms with van der Waals surface area (Å²) < 4.78 is 5.44. The molecule has 0 unspecified atom stereocenters. The van der Waals surface area contributed by atoms with E-state index in [2.05, 4.69) is 5.32 Å². The number of halogens is 1. The Morgan fingerprint density at radius 3 is 2.32 bits per heavy atom. The van der Waals surface area contributed by atoms with Crippen molar-refractivity contribution in [2.75, 3.05) is 18.4 Å². The molecule has 6 nitrogen and oxygen atoms in total. The summed E-state index contributed by atoms with van der Waals surface area (Å²) in [6.07, 6.45) is 2.32. The third kappa shape index (κ3) is 6.89. The fourth-order valence-electron chi connectivity index (χ4n) is 3.15. The minimum absolute atomic E-state index is 0.0270. The lowest BCUT2D eigenvalue weighted by molar-refractivity contribution is -0.133. The van der Waals surface area contributed by atoms with Gasteiger partial charge in [0.15, 0.2) is 0 Å². The van der Waals surface area contributed by atoms with Gasteiger partial charge in [-0.1, -0.05) is 48.9 Å². The Balaban J connectivity index is 1.71. The number of hydrogen-bond acceptors (Lipinski definition) is 3. The van der Waals surface area contributed by atoms with Gasteiger partial charge >= 0.3 is 6.03 Å². The number of carbonyl (C=O) groups is 2. The van der Waals surface area contributed by atoms with Crippen LogP contribution in [0.1, 0.15) is 24.7 Å². The van der Waals surface area contributed by atoms with E-state index in [1.165, 1.54) is 4.90 Å². The summed E-state index contributed by atoms with van der Waals surface area (Å²) in [4.78, 5) is 29.2. The number of carbonyl (C=O) groups excluding carboxylic acids is 2. The number of hydrogen-bond donors (Lipinski definition) is 1. The molecule has 0 radical (unpaired) electrons. The van der Waals surface area contributed by atoms with Crippen LogP contribution in [0.4, 0.5) is 10.5 Å². The van der Waals surface area contributed by atoms with Crippen LogP contribution >= 0.6 is 11.6 Å². The normalized spacial score (nSPS) is 10.5. The first-order valence-electron chi connectivity index (χ1n) is 10.2. The van der Waals surface area contributed by atoms with E-state index in [9.17, 15) is 9.59 Å². The van der Waals surface area contributed by atoms with Crippen LogP contribution in [0.25, 0.3) is 0 Å². The molecule has 162 valence electrons. The molecular weight excluding hydrogens is 414 g/mol. The third-order valence-electron chi connectivity index (χ3n) is 4.70. The molecule has 3 amide bonds. The zero-order chi connectivity index (χ0) is 22.1. The number of anilines is 1. The fraction of sp³-hybridized carbons (Fsp3) is 0.250. The maximum atomic E-state index is 13.2. The Morgan fingerprint density at radius 1 is 0.935 bits per heavy atom. The summed E-state index contributed by atoms with van der Waals surface area (Å²) in [6, 6.07) is 19.9. The van der Waals surface area contributed by atoms with Gasteiger partial charge in [-0.25, -0.2) is 4.79 Å². The van der Waals surface area contributed by atoms with Crippen molar-refractivity contribution in [1.29, 1.82) is 0 Å². The molecule has 0 atom stereocenters. The van der Waals surface area contributed by atoms with Gasteiger partial charge in [-0.3, -0.25) is 4.79 Å². The van der Waals surface area contributed by atoms with E-state index in [1.807, 2.05) is 43.3 Å². The Bertz CT molecular complexity index is 960. The van der Waals surface area contributed by atoms with E-state index in [0.29, 0.717) is 36.1 Å². The summed E-state index contributed by atoms with van der Waals surface area (Å²) in [7, 11) is 0. The van der Waals surface area contributed by atoms with Gasteiger partial charge in [-0.05, 0) is 48.4 Å². The Kier molecular flexibility index (Phi) is 8.12. The predicted octanol–water partition coefficient (Wildman–Crippen LogP) is 5.41. The Hall–Kier alpha value is -3.25. The van der Waals surface area contributed by atoms with Gasteiger partial charge in [-0.2, -0.15) is 0 Å². The van der Waals surface area contributed by atoms with E-state index in [4.69, 9.17) is 16.0 Å². The molecule has 1 aromatic heterocycles. The number of urea groups is 1. The molecule has 7 heteroatoms. The van der Waals surface area contributed by atoms with Gasteiger partial charge in [0.05, 0.1) is 12.8 Å². The summed E-state index contributed by atoms with van der Waals surface area (Å²) in [5.74, 6) is 0.539. The van der Waals surface area contributed by atoms with E-state index in [-0.39, 0.29) is 18.5 Å². The van der Waals surface area contributed by atoms with Gasteiger partial charge in [0.25, 0.3) is 0 Å². The largest absolute Gasteiger partial charge is 0.467 e. The number of nitrogens with zero attached hydrogens (tertiary/aromatic N) is 2. The van der Waals surface area contributed by atoms with E-state index in [1.54, 1.807) is 41.5 Å².